The fraction of sp³-hybridized carbons (Fsp3) is 0.903. The highest BCUT2D eigenvalue weighted by Gasteiger charge is 2.71. The SMILES string of the molecule is CO[C@@H]1C=C2C3CC(C)(C)CC[C@]3(C(=O)O)CC[C@@]2(C)[C@]2(C)CCC3C(C)(C)[C@@H](O)CC[C@]3(C)C12. The molecule has 3 unspecified atom stereocenters. The topological polar surface area (TPSA) is 66.8 Å². The molecule has 5 rings (SSSR count). The molecule has 5 aliphatic rings. The largest absolute Gasteiger partial charge is 0.481 e. The summed E-state index contributed by atoms with van der Waals surface area (Å²) in [6.07, 6.45) is 10.8. The van der Waals surface area contributed by atoms with Gasteiger partial charge >= 0.3 is 5.97 Å². The Morgan fingerprint density at radius 1 is 0.943 bits per heavy atom. The Kier molecular flexibility index (Phi) is 5.59. The first-order chi connectivity index (χ1) is 16.1. The van der Waals surface area contributed by atoms with Crippen LogP contribution in [0.5, 0.6) is 0 Å². The number of aliphatic hydroxyl groups excluding tert-OH is 1. The summed E-state index contributed by atoms with van der Waals surface area (Å²) in [5.74, 6) is 0.338. The van der Waals surface area contributed by atoms with Gasteiger partial charge in [-0.05, 0) is 96.7 Å². The van der Waals surface area contributed by atoms with Crippen LogP contribution in [0, 0.1) is 50.2 Å². The van der Waals surface area contributed by atoms with Gasteiger partial charge in [0.05, 0.1) is 17.6 Å². The number of allylic oxidation sites excluding steroid dienone is 1. The number of carboxylic acid groups (broad SMARTS) is 1. The maximum atomic E-state index is 12.9. The molecule has 0 heterocycles. The fourth-order valence-electron chi connectivity index (χ4n) is 10.9. The zero-order chi connectivity index (χ0) is 25.8. The van der Waals surface area contributed by atoms with E-state index in [4.69, 9.17) is 4.74 Å². The Morgan fingerprint density at radius 3 is 2.23 bits per heavy atom. The van der Waals surface area contributed by atoms with Gasteiger partial charge in [0.15, 0.2) is 0 Å². The van der Waals surface area contributed by atoms with E-state index in [9.17, 15) is 15.0 Å². The maximum absolute atomic E-state index is 12.9. The van der Waals surface area contributed by atoms with Crippen molar-refractivity contribution in [3.63, 3.8) is 0 Å². The summed E-state index contributed by atoms with van der Waals surface area (Å²) in [4.78, 5) is 12.9. The number of ether oxygens (including phenoxy) is 1. The molecule has 9 atom stereocenters. The van der Waals surface area contributed by atoms with Gasteiger partial charge in [0.25, 0.3) is 0 Å². The highest BCUT2D eigenvalue weighted by atomic mass is 16.5. The van der Waals surface area contributed by atoms with E-state index in [1.165, 1.54) is 5.57 Å². The third-order valence-electron chi connectivity index (χ3n) is 13.2. The normalized spacial score (nSPS) is 52.3. The zero-order valence-electron chi connectivity index (χ0n) is 23.5. The molecule has 2 N–H and O–H groups in total. The lowest BCUT2D eigenvalue weighted by molar-refractivity contribution is -0.229. The summed E-state index contributed by atoms with van der Waals surface area (Å²) in [7, 11) is 1.86. The number of hydrogen-bond donors (Lipinski definition) is 2. The highest BCUT2D eigenvalue weighted by molar-refractivity contribution is 5.76. The smallest absolute Gasteiger partial charge is 0.310 e. The van der Waals surface area contributed by atoms with Crippen molar-refractivity contribution in [2.75, 3.05) is 7.11 Å². The molecule has 0 aliphatic heterocycles. The van der Waals surface area contributed by atoms with E-state index < -0.39 is 11.4 Å². The van der Waals surface area contributed by atoms with Crippen LogP contribution in [-0.4, -0.2) is 35.5 Å². The lowest BCUT2D eigenvalue weighted by atomic mass is 9.33. The van der Waals surface area contributed by atoms with Crippen LogP contribution in [-0.2, 0) is 9.53 Å². The predicted octanol–water partition coefficient (Wildman–Crippen LogP) is 6.86. The van der Waals surface area contributed by atoms with Gasteiger partial charge in [0.2, 0.25) is 0 Å². The third-order valence-corrected chi connectivity index (χ3v) is 13.2. The Balaban J connectivity index is 1.67. The van der Waals surface area contributed by atoms with Crippen LogP contribution >= 0.6 is 0 Å². The quantitative estimate of drug-likeness (QED) is 0.419. The molecule has 0 spiro atoms. The molecule has 5 aliphatic carbocycles. The van der Waals surface area contributed by atoms with Crippen molar-refractivity contribution < 1.29 is 19.7 Å². The van der Waals surface area contributed by atoms with E-state index in [1.54, 1.807) is 0 Å². The Bertz CT molecular complexity index is 934. The second-order valence-corrected chi connectivity index (χ2v) is 15.4. The number of rotatable bonds is 2. The van der Waals surface area contributed by atoms with Gasteiger partial charge in [-0.15, -0.1) is 0 Å². The molecule has 35 heavy (non-hydrogen) atoms. The van der Waals surface area contributed by atoms with Gasteiger partial charge in [-0.3, -0.25) is 4.79 Å². The zero-order valence-corrected chi connectivity index (χ0v) is 23.5. The van der Waals surface area contributed by atoms with Crippen LogP contribution in [0.15, 0.2) is 11.6 Å². The van der Waals surface area contributed by atoms with Crippen molar-refractivity contribution in [2.24, 2.45) is 50.2 Å². The predicted molar refractivity (Wildman–Crippen MR) is 139 cm³/mol. The van der Waals surface area contributed by atoms with E-state index in [1.807, 2.05) is 7.11 Å². The Labute approximate surface area is 213 Å². The van der Waals surface area contributed by atoms with Gasteiger partial charge < -0.3 is 14.9 Å². The Morgan fingerprint density at radius 2 is 1.60 bits per heavy atom. The van der Waals surface area contributed by atoms with Gasteiger partial charge in [-0.25, -0.2) is 0 Å². The number of fused-ring (bicyclic) bond motifs is 7. The van der Waals surface area contributed by atoms with Crippen LogP contribution in [0.25, 0.3) is 0 Å². The molecule has 0 radical (unpaired) electrons. The van der Waals surface area contributed by atoms with Crippen molar-refractivity contribution >= 4 is 5.97 Å². The molecule has 4 nitrogen and oxygen atoms in total. The molecular weight excluding hydrogens is 436 g/mol. The third kappa shape index (κ3) is 3.14. The molecule has 198 valence electrons. The minimum Gasteiger partial charge on any atom is -0.481 e. The number of methoxy groups -OCH3 is 1. The highest BCUT2D eigenvalue weighted by Crippen LogP contribution is 2.76. The van der Waals surface area contributed by atoms with Gasteiger partial charge in [-0.1, -0.05) is 60.1 Å². The van der Waals surface area contributed by atoms with Crippen molar-refractivity contribution in [1.29, 1.82) is 0 Å². The second kappa shape index (κ2) is 7.59. The first-order valence-electron chi connectivity index (χ1n) is 14.3. The Hall–Kier alpha value is -0.870. The van der Waals surface area contributed by atoms with E-state index in [2.05, 4.69) is 54.5 Å². The van der Waals surface area contributed by atoms with Crippen LogP contribution in [0.1, 0.15) is 106 Å². The average Bonchev–Trinajstić information content (AvgIpc) is 2.76. The van der Waals surface area contributed by atoms with Crippen molar-refractivity contribution in [2.45, 2.75) is 118 Å². The molecule has 0 aromatic heterocycles. The summed E-state index contributed by atoms with van der Waals surface area (Å²) >= 11 is 0. The first kappa shape index (κ1) is 25.8. The number of carbonyl (C=O) groups is 1. The summed E-state index contributed by atoms with van der Waals surface area (Å²) in [6, 6.07) is 0. The van der Waals surface area contributed by atoms with Crippen molar-refractivity contribution in [1.82, 2.24) is 0 Å². The lowest BCUT2D eigenvalue weighted by Gasteiger charge is -2.72. The van der Waals surface area contributed by atoms with Gasteiger partial charge in [0.1, 0.15) is 0 Å². The van der Waals surface area contributed by atoms with Crippen LogP contribution in [0.2, 0.25) is 0 Å². The molecular formula is C31H50O4. The molecule has 4 fully saturated rings. The summed E-state index contributed by atoms with van der Waals surface area (Å²) in [6.45, 7) is 16.7. The number of aliphatic carboxylic acids is 1. The lowest BCUT2D eigenvalue weighted by Crippen LogP contribution is -2.68. The maximum Gasteiger partial charge on any atom is 0.310 e. The second-order valence-electron chi connectivity index (χ2n) is 15.4. The molecule has 4 saturated carbocycles. The standard InChI is InChI=1S/C31H50O4/c1-26(2)13-15-31(25(33)34)16-14-29(6)19(20(31)18-26)17-21(35-8)24-28(5)11-10-23(32)27(3,4)22(28)9-12-30(24,29)7/h17,20-24,32H,9-16,18H2,1-8H3,(H,33,34)/t20?,21-,22?,23+,24?,28+,29-,30-,31+/m1/s1. The van der Waals surface area contributed by atoms with E-state index in [0.717, 1.165) is 57.8 Å². The van der Waals surface area contributed by atoms with Crippen LogP contribution < -0.4 is 0 Å². The van der Waals surface area contributed by atoms with Gasteiger partial charge in [-0.2, -0.15) is 0 Å². The summed E-state index contributed by atoms with van der Waals surface area (Å²) < 4.78 is 6.37. The fourth-order valence-corrected chi connectivity index (χ4v) is 10.9. The van der Waals surface area contributed by atoms with E-state index >= 15 is 0 Å². The summed E-state index contributed by atoms with van der Waals surface area (Å²) in [5, 5.41) is 21.6. The number of carboxylic acids is 1. The minimum atomic E-state index is -0.625. The molecule has 0 aromatic carbocycles. The molecule has 4 heteroatoms. The van der Waals surface area contributed by atoms with Crippen LogP contribution in [0.3, 0.4) is 0 Å². The van der Waals surface area contributed by atoms with E-state index in [0.29, 0.717) is 11.8 Å². The molecule has 0 amide bonds. The molecule has 0 aromatic rings. The minimum absolute atomic E-state index is 0.00319. The van der Waals surface area contributed by atoms with Crippen LogP contribution in [0.4, 0.5) is 0 Å². The van der Waals surface area contributed by atoms with Gasteiger partial charge in [0, 0.05) is 13.0 Å². The monoisotopic (exact) mass is 486 g/mol. The first-order valence-corrected chi connectivity index (χ1v) is 14.3. The van der Waals surface area contributed by atoms with Crippen molar-refractivity contribution in [3.05, 3.63) is 11.6 Å². The van der Waals surface area contributed by atoms with E-state index in [-0.39, 0.29) is 45.2 Å². The average molecular weight is 487 g/mol. The number of hydrogen-bond acceptors (Lipinski definition) is 3. The molecule has 0 bridgehead atoms. The van der Waals surface area contributed by atoms with Crippen molar-refractivity contribution in [3.8, 4) is 0 Å². The summed E-state index contributed by atoms with van der Waals surface area (Å²) in [5.41, 5.74) is 0.967. The molecule has 0 saturated heterocycles. The number of aliphatic hydroxyl groups is 1.